The van der Waals surface area contributed by atoms with E-state index in [-0.39, 0.29) is 22.6 Å². The van der Waals surface area contributed by atoms with Gasteiger partial charge >= 0.3 is 0 Å². The molecule has 0 radical (unpaired) electrons. The van der Waals surface area contributed by atoms with Crippen LogP contribution < -0.4 is 9.80 Å². The van der Waals surface area contributed by atoms with Crippen molar-refractivity contribution in [2.24, 2.45) is 0 Å². The molecule has 1 aromatic heterocycles. The lowest BCUT2D eigenvalue weighted by Gasteiger charge is -2.44. The summed E-state index contributed by atoms with van der Waals surface area (Å²) in [6, 6.07) is 9.18. The third-order valence-electron chi connectivity index (χ3n) is 7.99. The second-order valence-corrected chi connectivity index (χ2v) is 11.0. The highest BCUT2D eigenvalue weighted by molar-refractivity contribution is 6.12. The number of halogens is 4. The van der Waals surface area contributed by atoms with Crippen molar-refractivity contribution in [1.29, 1.82) is 5.26 Å². The predicted molar refractivity (Wildman–Crippen MR) is 149 cm³/mol. The lowest BCUT2D eigenvalue weighted by atomic mass is 9.86. The van der Waals surface area contributed by atoms with Gasteiger partial charge in [-0.05, 0) is 42.3 Å². The second kappa shape index (κ2) is 11.7. The van der Waals surface area contributed by atoms with Gasteiger partial charge in [-0.2, -0.15) is 5.26 Å². The van der Waals surface area contributed by atoms with E-state index in [1.165, 1.54) is 31.4 Å². The third-order valence-corrected chi connectivity index (χ3v) is 7.99. The molecular formula is C31H27F4N5O4. The van der Waals surface area contributed by atoms with Crippen LogP contribution in [-0.4, -0.2) is 63.9 Å². The third kappa shape index (κ3) is 5.72. The molecule has 2 aromatic carbocycles. The number of rotatable bonds is 7. The van der Waals surface area contributed by atoms with Crippen molar-refractivity contribution in [3.8, 4) is 6.07 Å². The number of aliphatic hydroxyl groups excluding tert-OH is 1. The average molecular weight is 610 g/mol. The molecule has 13 heteroatoms. The Morgan fingerprint density at radius 3 is 2.39 bits per heavy atom. The maximum absolute atomic E-state index is 14.7. The van der Waals surface area contributed by atoms with E-state index in [1.807, 2.05) is 6.07 Å². The van der Waals surface area contributed by atoms with Gasteiger partial charge in [0, 0.05) is 44.6 Å². The summed E-state index contributed by atoms with van der Waals surface area (Å²) in [7, 11) is 1.31. The number of nitrogens with zero attached hydrogens (tertiary/aromatic N) is 5. The first-order chi connectivity index (χ1) is 20.8. The Kier molecular flexibility index (Phi) is 8.13. The number of hydrogen-bond acceptors (Lipinski definition) is 6. The first-order valence-electron chi connectivity index (χ1n) is 13.7. The van der Waals surface area contributed by atoms with Crippen molar-refractivity contribution in [3.05, 3.63) is 89.1 Å². The lowest BCUT2D eigenvalue weighted by Crippen LogP contribution is -2.56. The number of aromatic nitrogens is 1. The summed E-state index contributed by atoms with van der Waals surface area (Å²) < 4.78 is 56.9. The maximum atomic E-state index is 14.7. The van der Waals surface area contributed by atoms with Crippen LogP contribution in [-0.2, 0) is 14.4 Å². The molecular weight excluding hydrogens is 582 g/mol. The van der Waals surface area contributed by atoms with E-state index >= 15 is 0 Å². The zero-order valence-corrected chi connectivity index (χ0v) is 23.6. The lowest BCUT2D eigenvalue weighted by molar-refractivity contribution is -0.152. The van der Waals surface area contributed by atoms with Crippen molar-refractivity contribution < 1.29 is 37.1 Å². The summed E-state index contributed by atoms with van der Waals surface area (Å²) in [6.45, 7) is 1.65. The van der Waals surface area contributed by atoms with Gasteiger partial charge in [0.1, 0.15) is 35.6 Å². The Balaban J connectivity index is 1.68. The van der Waals surface area contributed by atoms with Gasteiger partial charge in [-0.1, -0.05) is 24.3 Å². The largest absolute Gasteiger partial charge is 0.383 e. The molecule has 3 atom stereocenters. The Bertz CT molecular complexity index is 1650. The Hall–Kier alpha value is -4.83. The van der Waals surface area contributed by atoms with Crippen LogP contribution in [0.1, 0.15) is 42.0 Å². The SMILES string of the molecule is Cc1ccccc1[C@H](C(=O)N(C)C1CC(F)(F)C1)N(C(=O)[C@@H]1C[C@@H](O)C(=O)N1c1cc(C#N)ccn1)c1cc(F)cc(F)c1. The number of alkyl halides is 2. The van der Waals surface area contributed by atoms with Crippen molar-refractivity contribution >= 4 is 29.2 Å². The molecule has 2 aliphatic rings. The summed E-state index contributed by atoms with van der Waals surface area (Å²) in [5.41, 5.74) is 0.477. The summed E-state index contributed by atoms with van der Waals surface area (Å²) in [4.78, 5) is 48.9. The highest BCUT2D eigenvalue weighted by atomic mass is 19.3. The predicted octanol–water partition coefficient (Wildman–Crippen LogP) is 4.04. The topological polar surface area (TPSA) is 118 Å². The van der Waals surface area contributed by atoms with Crippen molar-refractivity contribution in [2.45, 2.75) is 56.3 Å². The van der Waals surface area contributed by atoms with E-state index in [1.54, 1.807) is 25.1 Å². The fraction of sp³-hybridized carbons (Fsp3) is 0.323. The smallest absolute Gasteiger partial charge is 0.257 e. The van der Waals surface area contributed by atoms with Gasteiger partial charge in [0.15, 0.2) is 0 Å². The van der Waals surface area contributed by atoms with Crippen LogP contribution in [0.5, 0.6) is 0 Å². The van der Waals surface area contributed by atoms with Crippen LogP contribution in [0, 0.1) is 29.9 Å². The van der Waals surface area contributed by atoms with Crippen molar-refractivity contribution in [1.82, 2.24) is 9.88 Å². The number of likely N-dealkylation sites (N-methyl/N-ethyl adjacent to an activating group) is 1. The number of benzene rings is 2. The van der Waals surface area contributed by atoms with Crippen LogP contribution in [0.3, 0.4) is 0 Å². The molecule has 228 valence electrons. The second-order valence-electron chi connectivity index (χ2n) is 11.0. The number of aryl methyl sites for hydroxylation is 1. The molecule has 1 aliphatic carbocycles. The zero-order valence-electron chi connectivity index (χ0n) is 23.6. The minimum atomic E-state index is -2.97. The molecule has 1 saturated heterocycles. The quantitative estimate of drug-likeness (QED) is 0.404. The van der Waals surface area contributed by atoms with Crippen LogP contribution >= 0.6 is 0 Å². The van der Waals surface area contributed by atoms with E-state index in [0.29, 0.717) is 11.6 Å². The maximum Gasteiger partial charge on any atom is 0.257 e. The number of pyridine rings is 1. The number of nitriles is 1. The first-order valence-corrected chi connectivity index (χ1v) is 13.7. The number of aliphatic hydroxyl groups is 1. The number of carbonyl (C=O) groups excluding carboxylic acids is 3. The van der Waals surface area contributed by atoms with Gasteiger partial charge in [0.2, 0.25) is 5.91 Å². The van der Waals surface area contributed by atoms with Gasteiger partial charge in [0.25, 0.3) is 17.7 Å². The van der Waals surface area contributed by atoms with Gasteiger partial charge in [0.05, 0.1) is 17.3 Å². The minimum Gasteiger partial charge on any atom is -0.383 e. The molecule has 3 aromatic rings. The normalized spacial score (nSPS) is 20.0. The van der Waals surface area contributed by atoms with Crippen molar-refractivity contribution in [2.75, 3.05) is 16.8 Å². The van der Waals surface area contributed by atoms with Gasteiger partial charge in [-0.3, -0.25) is 24.2 Å². The molecule has 3 amide bonds. The molecule has 44 heavy (non-hydrogen) atoms. The number of amides is 3. The minimum absolute atomic E-state index is 0.103. The number of carbonyl (C=O) groups is 3. The van der Waals surface area contributed by atoms with Gasteiger partial charge < -0.3 is 10.0 Å². The number of hydrogen-bond donors (Lipinski definition) is 1. The molecule has 1 N–H and O–H groups in total. The van der Waals surface area contributed by atoms with Crippen molar-refractivity contribution in [3.63, 3.8) is 0 Å². The highest BCUT2D eigenvalue weighted by Gasteiger charge is 2.51. The van der Waals surface area contributed by atoms with E-state index in [0.717, 1.165) is 26.8 Å². The Morgan fingerprint density at radius 1 is 1.11 bits per heavy atom. The Morgan fingerprint density at radius 2 is 1.77 bits per heavy atom. The van der Waals surface area contributed by atoms with E-state index in [2.05, 4.69) is 4.98 Å². The first kappa shape index (κ1) is 30.6. The molecule has 0 unspecified atom stereocenters. The van der Waals surface area contributed by atoms with E-state index in [9.17, 15) is 42.3 Å². The Labute approximate surface area is 249 Å². The van der Waals surface area contributed by atoms with Crippen LogP contribution in [0.4, 0.5) is 29.1 Å². The summed E-state index contributed by atoms with van der Waals surface area (Å²) in [5.74, 6) is -7.96. The van der Waals surface area contributed by atoms with Gasteiger partial charge in [-0.25, -0.2) is 22.5 Å². The summed E-state index contributed by atoms with van der Waals surface area (Å²) >= 11 is 0. The molecule has 2 heterocycles. The number of anilines is 2. The average Bonchev–Trinajstić information content (AvgIpc) is 3.27. The summed E-state index contributed by atoms with van der Waals surface area (Å²) in [6.07, 6.45) is -2.11. The fourth-order valence-electron chi connectivity index (χ4n) is 5.63. The fourth-order valence-corrected chi connectivity index (χ4v) is 5.63. The van der Waals surface area contributed by atoms with Crippen LogP contribution in [0.2, 0.25) is 0 Å². The molecule has 2 fully saturated rings. The van der Waals surface area contributed by atoms with Crippen LogP contribution in [0.15, 0.2) is 60.8 Å². The van der Waals surface area contributed by atoms with E-state index < -0.39 is 78.8 Å². The highest BCUT2D eigenvalue weighted by Crippen LogP contribution is 2.42. The standard InChI is InChI=1S/C31H27F4N5O4/c1-17-5-3-4-6-23(17)27(30(44)38(2)22-14-31(34,35)15-22)39(21-11-19(32)10-20(33)12-21)28(42)24-13-25(41)29(43)40(24)26-9-18(16-36)7-8-37-26/h3-12,22,24-25,27,41H,13-15H2,1-2H3/t24-,25+,27+/m0/s1. The molecule has 9 nitrogen and oxygen atoms in total. The summed E-state index contributed by atoms with van der Waals surface area (Å²) in [5, 5.41) is 19.9. The molecule has 1 saturated carbocycles. The molecule has 1 aliphatic heterocycles. The van der Waals surface area contributed by atoms with Gasteiger partial charge in [-0.15, -0.1) is 0 Å². The van der Waals surface area contributed by atoms with E-state index in [4.69, 9.17) is 0 Å². The zero-order chi connectivity index (χ0) is 31.9. The molecule has 0 bridgehead atoms. The monoisotopic (exact) mass is 609 g/mol. The molecule has 0 spiro atoms. The van der Waals surface area contributed by atoms with Crippen LogP contribution in [0.25, 0.3) is 0 Å². The molecule has 5 rings (SSSR count).